The highest BCUT2D eigenvalue weighted by Crippen LogP contribution is 2.28. The van der Waals surface area contributed by atoms with Gasteiger partial charge in [0, 0.05) is 26.3 Å². The maximum atomic E-state index is 13.5. The van der Waals surface area contributed by atoms with Crippen LogP contribution in [0.1, 0.15) is 19.3 Å². The van der Waals surface area contributed by atoms with Crippen molar-refractivity contribution in [3.05, 3.63) is 33.9 Å². The second-order valence-corrected chi connectivity index (χ2v) is 3.99. The van der Waals surface area contributed by atoms with E-state index < -0.39 is 27.9 Å². The highest BCUT2D eigenvalue weighted by atomic mass is 19.2. The number of rotatable bonds is 8. The van der Waals surface area contributed by atoms with E-state index in [4.69, 9.17) is 4.74 Å². The van der Waals surface area contributed by atoms with Crippen molar-refractivity contribution in [3.8, 4) is 0 Å². The third-order valence-corrected chi connectivity index (χ3v) is 2.60. The number of ether oxygens (including phenoxy) is 1. The monoisotopic (exact) mass is 274 g/mol. The Hall–Kier alpha value is -1.76. The Balaban J connectivity index is 2.61. The van der Waals surface area contributed by atoms with Crippen LogP contribution in [0.5, 0.6) is 0 Å². The molecule has 5 nitrogen and oxygen atoms in total. The topological polar surface area (TPSA) is 64.4 Å². The SMILES string of the molecule is COCCCCCNc1c([N+](=O)[O-])ccc(F)c1F. The molecule has 1 aromatic carbocycles. The fourth-order valence-corrected chi connectivity index (χ4v) is 1.62. The second-order valence-electron chi connectivity index (χ2n) is 3.99. The van der Waals surface area contributed by atoms with Gasteiger partial charge < -0.3 is 10.1 Å². The van der Waals surface area contributed by atoms with Crippen LogP contribution in [0, 0.1) is 21.7 Å². The lowest BCUT2D eigenvalue weighted by Gasteiger charge is -2.08. The summed E-state index contributed by atoms with van der Waals surface area (Å²) in [4.78, 5) is 9.98. The third kappa shape index (κ3) is 4.44. The van der Waals surface area contributed by atoms with Crippen LogP contribution in [-0.2, 0) is 4.74 Å². The molecule has 0 radical (unpaired) electrons. The van der Waals surface area contributed by atoms with Crippen LogP contribution >= 0.6 is 0 Å². The molecule has 19 heavy (non-hydrogen) atoms. The van der Waals surface area contributed by atoms with Gasteiger partial charge in [0.05, 0.1) is 4.92 Å². The van der Waals surface area contributed by atoms with Gasteiger partial charge in [0.15, 0.2) is 17.3 Å². The van der Waals surface area contributed by atoms with Gasteiger partial charge in [0.2, 0.25) is 0 Å². The molecule has 7 heteroatoms. The van der Waals surface area contributed by atoms with E-state index in [1.54, 1.807) is 7.11 Å². The van der Waals surface area contributed by atoms with Crippen LogP contribution in [-0.4, -0.2) is 25.2 Å². The molecule has 1 aromatic rings. The van der Waals surface area contributed by atoms with Gasteiger partial charge in [-0.2, -0.15) is 0 Å². The summed E-state index contributed by atoms with van der Waals surface area (Å²) in [7, 11) is 1.60. The third-order valence-electron chi connectivity index (χ3n) is 2.60. The standard InChI is InChI=1S/C12H16F2N2O3/c1-19-8-4-2-3-7-15-12-10(16(17)18)6-5-9(13)11(12)14/h5-6,15H,2-4,7-8H2,1H3. The van der Waals surface area contributed by atoms with Gasteiger partial charge in [0.25, 0.3) is 5.69 Å². The van der Waals surface area contributed by atoms with E-state index in [1.807, 2.05) is 0 Å². The predicted molar refractivity (Wildman–Crippen MR) is 67.2 cm³/mol. The number of nitrogens with zero attached hydrogens (tertiary/aromatic N) is 1. The molecule has 0 aliphatic rings. The average molecular weight is 274 g/mol. The van der Waals surface area contributed by atoms with Crippen LogP contribution in [0.3, 0.4) is 0 Å². The Morgan fingerprint density at radius 1 is 1.32 bits per heavy atom. The van der Waals surface area contributed by atoms with Gasteiger partial charge in [-0.05, 0) is 25.3 Å². The van der Waals surface area contributed by atoms with E-state index in [9.17, 15) is 18.9 Å². The molecule has 0 aromatic heterocycles. The minimum absolute atomic E-state index is 0.338. The molecular formula is C12H16F2N2O3. The van der Waals surface area contributed by atoms with Crippen molar-refractivity contribution in [3.63, 3.8) is 0 Å². The van der Waals surface area contributed by atoms with Gasteiger partial charge in [-0.25, -0.2) is 8.78 Å². The van der Waals surface area contributed by atoms with Gasteiger partial charge in [0.1, 0.15) is 0 Å². The maximum Gasteiger partial charge on any atom is 0.295 e. The molecule has 0 bridgehead atoms. The molecule has 1 rings (SSSR count). The number of unbranched alkanes of at least 4 members (excludes halogenated alkanes) is 2. The maximum absolute atomic E-state index is 13.5. The molecule has 0 saturated heterocycles. The Labute approximate surface area is 109 Å². The molecule has 0 spiro atoms. The lowest BCUT2D eigenvalue weighted by atomic mass is 10.2. The number of anilines is 1. The van der Waals surface area contributed by atoms with Crippen molar-refractivity contribution in [2.24, 2.45) is 0 Å². The largest absolute Gasteiger partial charge is 0.385 e. The van der Waals surface area contributed by atoms with Crippen molar-refractivity contribution in [2.75, 3.05) is 25.6 Å². The molecule has 0 saturated carbocycles. The first kappa shape index (κ1) is 15.3. The lowest BCUT2D eigenvalue weighted by molar-refractivity contribution is -0.384. The normalized spacial score (nSPS) is 10.5. The molecule has 0 heterocycles. The molecule has 0 amide bonds. The Morgan fingerprint density at radius 2 is 2.05 bits per heavy atom. The zero-order chi connectivity index (χ0) is 14.3. The summed E-state index contributed by atoms with van der Waals surface area (Å²) < 4.78 is 31.4. The minimum atomic E-state index is -1.22. The van der Waals surface area contributed by atoms with Gasteiger partial charge in [-0.15, -0.1) is 0 Å². The lowest BCUT2D eigenvalue weighted by Crippen LogP contribution is -2.08. The van der Waals surface area contributed by atoms with Crippen LogP contribution < -0.4 is 5.32 Å². The van der Waals surface area contributed by atoms with Crippen molar-refractivity contribution >= 4 is 11.4 Å². The highest BCUT2D eigenvalue weighted by Gasteiger charge is 2.20. The van der Waals surface area contributed by atoms with Gasteiger partial charge in [-0.3, -0.25) is 10.1 Å². The van der Waals surface area contributed by atoms with Crippen molar-refractivity contribution in [1.29, 1.82) is 0 Å². The first-order valence-electron chi connectivity index (χ1n) is 5.93. The summed E-state index contributed by atoms with van der Waals surface area (Å²) in [6, 6.07) is 1.70. The predicted octanol–water partition coefficient (Wildman–Crippen LogP) is 3.10. The molecule has 106 valence electrons. The smallest absolute Gasteiger partial charge is 0.295 e. The molecule has 0 atom stereocenters. The second kappa shape index (κ2) is 7.63. The zero-order valence-electron chi connectivity index (χ0n) is 10.6. The van der Waals surface area contributed by atoms with E-state index in [-0.39, 0.29) is 0 Å². The number of methoxy groups -OCH3 is 1. The number of halogens is 2. The number of hydrogen-bond donors (Lipinski definition) is 1. The fourth-order valence-electron chi connectivity index (χ4n) is 1.62. The van der Waals surface area contributed by atoms with Crippen LogP contribution in [0.15, 0.2) is 12.1 Å². The van der Waals surface area contributed by atoms with Crippen molar-refractivity contribution in [2.45, 2.75) is 19.3 Å². The Kier molecular flexibility index (Phi) is 6.14. The number of nitro groups is 1. The quantitative estimate of drug-likeness (QED) is 0.449. The van der Waals surface area contributed by atoms with Gasteiger partial charge >= 0.3 is 0 Å². The van der Waals surface area contributed by atoms with Crippen LogP contribution in [0.25, 0.3) is 0 Å². The number of nitro benzene ring substituents is 1. The Bertz CT molecular complexity index is 441. The summed E-state index contributed by atoms with van der Waals surface area (Å²) >= 11 is 0. The van der Waals surface area contributed by atoms with Crippen LogP contribution in [0.2, 0.25) is 0 Å². The molecule has 0 unspecified atom stereocenters. The molecule has 0 aliphatic heterocycles. The molecule has 0 aliphatic carbocycles. The minimum Gasteiger partial charge on any atom is -0.385 e. The summed E-state index contributed by atoms with van der Waals surface area (Å²) in [5.41, 5.74) is -0.854. The average Bonchev–Trinajstić information content (AvgIpc) is 2.38. The number of hydrogen-bond acceptors (Lipinski definition) is 4. The highest BCUT2D eigenvalue weighted by molar-refractivity contribution is 5.62. The van der Waals surface area contributed by atoms with E-state index in [0.29, 0.717) is 19.6 Å². The van der Waals surface area contributed by atoms with Gasteiger partial charge in [-0.1, -0.05) is 0 Å². The molecular weight excluding hydrogens is 258 g/mol. The molecule has 0 fully saturated rings. The van der Waals surface area contributed by atoms with Crippen LogP contribution in [0.4, 0.5) is 20.2 Å². The summed E-state index contributed by atoms with van der Waals surface area (Å²) in [5.74, 6) is -2.32. The number of nitrogens with one attached hydrogen (secondary N) is 1. The van der Waals surface area contributed by atoms with E-state index in [1.165, 1.54) is 0 Å². The molecule has 1 N–H and O–H groups in total. The Morgan fingerprint density at radius 3 is 2.68 bits per heavy atom. The van der Waals surface area contributed by atoms with Crippen molar-refractivity contribution in [1.82, 2.24) is 0 Å². The van der Waals surface area contributed by atoms with E-state index in [2.05, 4.69) is 5.32 Å². The first-order chi connectivity index (χ1) is 9.07. The van der Waals surface area contributed by atoms with E-state index in [0.717, 1.165) is 25.0 Å². The summed E-state index contributed by atoms with van der Waals surface area (Å²) in [5, 5.41) is 13.3. The zero-order valence-corrected chi connectivity index (χ0v) is 10.6. The van der Waals surface area contributed by atoms with Crippen molar-refractivity contribution < 1.29 is 18.4 Å². The first-order valence-corrected chi connectivity index (χ1v) is 5.93. The van der Waals surface area contributed by atoms with E-state index >= 15 is 0 Å². The number of benzene rings is 1. The summed E-state index contributed by atoms with van der Waals surface area (Å²) in [6.07, 6.45) is 2.38. The summed E-state index contributed by atoms with van der Waals surface area (Å²) in [6.45, 7) is 0.972. The fraction of sp³-hybridized carbons (Fsp3) is 0.500.